The summed E-state index contributed by atoms with van der Waals surface area (Å²) in [6.45, 7) is 1.65. The van der Waals surface area contributed by atoms with Crippen LogP contribution in [0.15, 0.2) is 40.9 Å². The van der Waals surface area contributed by atoms with Gasteiger partial charge in [0, 0.05) is 25.2 Å². The van der Waals surface area contributed by atoms with Gasteiger partial charge in [-0.15, -0.1) is 0 Å². The molecule has 0 aliphatic heterocycles. The molecule has 1 aromatic heterocycles. The van der Waals surface area contributed by atoms with Gasteiger partial charge in [-0.25, -0.2) is 0 Å². The van der Waals surface area contributed by atoms with Gasteiger partial charge in [0.05, 0.1) is 5.92 Å². The van der Waals surface area contributed by atoms with Crippen molar-refractivity contribution in [2.75, 3.05) is 13.6 Å². The number of carbonyl (C=O) groups is 2. The normalized spacial score (nSPS) is 11.9. The minimum absolute atomic E-state index is 0.0916. The van der Waals surface area contributed by atoms with E-state index in [1.54, 1.807) is 13.0 Å². The molecule has 0 aliphatic carbocycles. The molecule has 110 valence electrons. The predicted octanol–water partition coefficient (Wildman–Crippen LogP) is 2.13. The van der Waals surface area contributed by atoms with Crippen LogP contribution in [0.25, 0.3) is 11.3 Å². The quantitative estimate of drug-likeness (QED) is 0.911. The molecule has 0 bridgehead atoms. The van der Waals surface area contributed by atoms with Crippen molar-refractivity contribution in [2.45, 2.75) is 6.92 Å². The van der Waals surface area contributed by atoms with Crippen LogP contribution in [-0.2, 0) is 4.79 Å². The lowest BCUT2D eigenvalue weighted by Gasteiger charge is -2.17. The van der Waals surface area contributed by atoms with E-state index in [9.17, 15) is 9.59 Å². The van der Waals surface area contributed by atoms with Crippen molar-refractivity contribution in [1.29, 1.82) is 0 Å². The fraction of sp³-hybridized carbons (Fsp3) is 0.267. The van der Waals surface area contributed by atoms with Crippen LogP contribution in [0.3, 0.4) is 0 Å². The summed E-state index contributed by atoms with van der Waals surface area (Å²) < 4.78 is 5.06. The molecule has 1 atom stereocenters. The molecule has 21 heavy (non-hydrogen) atoms. The maximum Gasteiger partial charge on any atom is 0.308 e. The van der Waals surface area contributed by atoms with Gasteiger partial charge in [-0.05, 0) is 0 Å². The number of carbonyl (C=O) groups excluding carboxylic acids is 1. The molecule has 0 fully saturated rings. The van der Waals surface area contributed by atoms with Crippen LogP contribution < -0.4 is 0 Å². The molecule has 1 aromatic carbocycles. The molecule has 2 rings (SSSR count). The molecule has 6 heteroatoms. The number of rotatable bonds is 5. The van der Waals surface area contributed by atoms with E-state index in [1.807, 2.05) is 30.3 Å². The molecule has 0 radical (unpaired) electrons. The highest BCUT2D eigenvalue weighted by Crippen LogP contribution is 2.19. The molecule has 1 unspecified atom stereocenters. The maximum atomic E-state index is 12.1. The second-order valence-corrected chi connectivity index (χ2v) is 4.87. The van der Waals surface area contributed by atoms with Gasteiger partial charge in [0.2, 0.25) is 5.76 Å². The number of aliphatic carboxylic acids is 1. The van der Waals surface area contributed by atoms with E-state index >= 15 is 0 Å². The highest BCUT2D eigenvalue weighted by molar-refractivity contribution is 5.92. The SMILES string of the molecule is CC(CN(C)C(=O)c1cc(-c2ccccc2)no1)C(=O)O. The highest BCUT2D eigenvalue weighted by Gasteiger charge is 2.22. The monoisotopic (exact) mass is 288 g/mol. The Kier molecular flexibility index (Phi) is 4.37. The van der Waals surface area contributed by atoms with Gasteiger partial charge in [0.25, 0.3) is 5.91 Å². The van der Waals surface area contributed by atoms with Gasteiger partial charge < -0.3 is 14.5 Å². The van der Waals surface area contributed by atoms with Crippen LogP contribution >= 0.6 is 0 Å². The topological polar surface area (TPSA) is 83.6 Å². The lowest BCUT2D eigenvalue weighted by Crippen LogP contribution is -2.33. The minimum atomic E-state index is -0.947. The molecule has 6 nitrogen and oxygen atoms in total. The van der Waals surface area contributed by atoms with Gasteiger partial charge in [-0.2, -0.15) is 0 Å². The fourth-order valence-corrected chi connectivity index (χ4v) is 1.88. The summed E-state index contributed by atoms with van der Waals surface area (Å²) in [6, 6.07) is 10.9. The van der Waals surface area contributed by atoms with Gasteiger partial charge in [0.15, 0.2) is 0 Å². The van der Waals surface area contributed by atoms with Gasteiger partial charge >= 0.3 is 5.97 Å². The third kappa shape index (κ3) is 3.47. The standard InChI is InChI=1S/C15H16N2O4/c1-10(15(19)20)9-17(2)14(18)13-8-12(16-21-13)11-6-4-3-5-7-11/h3-8,10H,9H2,1-2H3,(H,19,20). The second kappa shape index (κ2) is 6.21. The van der Waals surface area contributed by atoms with Crippen molar-refractivity contribution in [2.24, 2.45) is 5.92 Å². The zero-order chi connectivity index (χ0) is 15.4. The van der Waals surface area contributed by atoms with E-state index in [-0.39, 0.29) is 12.3 Å². The first-order valence-electron chi connectivity index (χ1n) is 6.49. The Hall–Kier alpha value is -2.63. The number of amides is 1. The Morgan fingerprint density at radius 2 is 2.00 bits per heavy atom. The number of carboxylic acids is 1. The summed E-state index contributed by atoms with van der Waals surface area (Å²) in [6.07, 6.45) is 0. The largest absolute Gasteiger partial charge is 0.481 e. The van der Waals surface area contributed by atoms with Crippen LogP contribution in [0.1, 0.15) is 17.5 Å². The summed E-state index contributed by atoms with van der Waals surface area (Å²) in [5.74, 6) is -1.89. The molecule has 0 saturated heterocycles. The van der Waals surface area contributed by atoms with Crippen LogP contribution in [0, 0.1) is 5.92 Å². The lowest BCUT2D eigenvalue weighted by atomic mass is 10.1. The van der Waals surface area contributed by atoms with Gasteiger partial charge in [-0.3, -0.25) is 9.59 Å². The van der Waals surface area contributed by atoms with Crippen molar-refractivity contribution in [3.63, 3.8) is 0 Å². The van der Waals surface area contributed by atoms with E-state index in [2.05, 4.69) is 5.16 Å². The van der Waals surface area contributed by atoms with Crippen LogP contribution in [0.2, 0.25) is 0 Å². The summed E-state index contributed by atoms with van der Waals surface area (Å²) in [5, 5.41) is 12.7. The smallest absolute Gasteiger partial charge is 0.308 e. The van der Waals surface area contributed by atoms with E-state index in [1.165, 1.54) is 11.9 Å². The summed E-state index contributed by atoms with van der Waals surface area (Å²) in [5.41, 5.74) is 1.42. The zero-order valence-electron chi connectivity index (χ0n) is 11.8. The summed E-state index contributed by atoms with van der Waals surface area (Å²) in [7, 11) is 1.53. The Bertz CT molecular complexity index is 636. The Balaban J connectivity index is 2.10. The van der Waals surface area contributed by atoms with E-state index < -0.39 is 17.8 Å². The van der Waals surface area contributed by atoms with E-state index in [4.69, 9.17) is 9.63 Å². The number of aromatic nitrogens is 1. The van der Waals surface area contributed by atoms with E-state index in [0.29, 0.717) is 5.69 Å². The number of hydrogen-bond donors (Lipinski definition) is 1. The zero-order valence-corrected chi connectivity index (χ0v) is 11.8. The molecule has 0 saturated carbocycles. The first-order valence-corrected chi connectivity index (χ1v) is 6.49. The average molecular weight is 288 g/mol. The molecular formula is C15H16N2O4. The number of hydrogen-bond acceptors (Lipinski definition) is 4. The Morgan fingerprint density at radius 1 is 1.33 bits per heavy atom. The molecule has 1 amide bonds. The average Bonchev–Trinajstić information content (AvgIpc) is 2.96. The van der Waals surface area contributed by atoms with Gasteiger partial charge in [-0.1, -0.05) is 42.4 Å². The number of benzene rings is 1. The predicted molar refractivity (Wildman–Crippen MR) is 75.7 cm³/mol. The molecule has 2 aromatic rings. The van der Waals surface area contributed by atoms with Gasteiger partial charge in [0.1, 0.15) is 5.69 Å². The van der Waals surface area contributed by atoms with Crippen molar-refractivity contribution in [3.8, 4) is 11.3 Å². The summed E-state index contributed by atoms with van der Waals surface area (Å²) in [4.78, 5) is 24.3. The first-order chi connectivity index (χ1) is 9.99. The Morgan fingerprint density at radius 3 is 2.62 bits per heavy atom. The first kappa shape index (κ1) is 14.8. The third-order valence-electron chi connectivity index (χ3n) is 3.11. The second-order valence-electron chi connectivity index (χ2n) is 4.87. The van der Waals surface area contributed by atoms with Crippen LogP contribution in [0.5, 0.6) is 0 Å². The molecule has 1 heterocycles. The minimum Gasteiger partial charge on any atom is -0.481 e. The van der Waals surface area contributed by atoms with Crippen molar-refractivity contribution in [1.82, 2.24) is 10.1 Å². The van der Waals surface area contributed by atoms with Crippen molar-refractivity contribution >= 4 is 11.9 Å². The summed E-state index contributed by atoms with van der Waals surface area (Å²) >= 11 is 0. The van der Waals surface area contributed by atoms with Crippen LogP contribution in [-0.4, -0.2) is 40.6 Å². The highest BCUT2D eigenvalue weighted by atomic mass is 16.5. The molecule has 0 spiro atoms. The van der Waals surface area contributed by atoms with E-state index in [0.717, 1.165) is 5.56 Å². The Labute approximate surface area is 122 Å². The molecular weight excluding hydrogens is 272 g/mol. The van der Waals surface area contributed by atoms with Crippen LogP contribution in [0.4, 0.5) is 0 Å². The number of carboxylic acid groups (broad SMARTS) is 1. The molecule has 0 aliphatic rings. The van der Waals surface area contributed by atoms with Crippen molar-refractivity contribution < 1.29 is 19.2 Å². The fourth-order valence-electron chi connectivity index (χ4n) is 1.88. The third-order valence-corrected chi connectivity index (χ3v) is 3.11. The maximum absolute atomic E-state index is 12.1. The molecule has 1 N–H and O–H groups in total. The lowest BCUT2D eigenvalue weighted by molar-refractivity contribution is -0.141. The van der Waals surface area contributed by atoms with Crippen molar-refractivity contribution in [3.05, 3.63) is 42.2 Å². The number of nitrogens with zero attached hydrogens (tertiary/aromatic N) is 2.